The average molecular weight is 244 g/mol. The molecule has 1 aromatic carbocycles. The molecular weight excluding hydrogens is 224 g/mol. The van der Waals surface area contributed by atoms with E-state index >= 15 is 0 Å². The Morgan fingerprint density at radius 3 is 2.83 bits per heavy atom. The van der Waals surface area contributed by atoms with Gasteiger partial charge in [0.2, 0.25) is 0 Å². The summed E-state index contributed by atoms with van der Waals surface area (Å²) < 4.78 is 0. The molecule has 0 fully saturated rings. The first-order valence-electron chi connectivity index (χ1n) is 6.46. The molecule has 0 spiro atoms. The van der Waals surface area contributed by atoms with Crippen LogP contribution >= 0.6 is 0 Å². The highest BCUT2D eigenvalue weighted by molar-refractivity contribution is 5.98. The number of benzene rings is 1. The predicted molar refractivity (Wildman–Crippen MR) is 74.9 cm³/mol. The van der Waals surface area contributed by atoms with Crippen molar-refractivity contribution in [2.24, 2.45) is 0 Å². The van der Waals surface area contributed by atoms with Crippen LogP contribution in [-0.2, 0) is 0 Å². The van der Waals surface area contributed by atoms with E-state index in [1.165, 1.54) is 5.56 Å². The van der Waals surface area contributed by atoms with Crippen molar-refractivity contribution in [3.63, 3.8) is 0 Å². The van der Waals surface area contributed by atoms with Crippen molar-refractivity contribution < 1.29 is 4.79 Å². The zero-order chi connectivity index (χ0) is 13.1. The SMILES string of the molecule is CCCCN(C)C(=O)c1cc2cc(C)ccc2[nH]1. The van der Waals surface area contributed by atoms with Gasteiger partial charge in [-0.25, -0.2) is 0 Å². The maximum atomic E-state index is 12.2. The summed E-state index contributed by atoms with van der Waals surface area (Å²) in [6.07, 6.45) is 2.14. The number of aryl methyl sites for hydroxylation is 1. The standard InChI is InChI=1S/C15H20N2O/c1-4-5-8-17(3)15(18)14-10-12-9-11(2)6-7-13(12)16-14/h6-7,9-10,16H,4-5,8H2,1-3H3. The van der Waals surface area contributed by atoms with Crippen LogP contribution in [0.3, 0.4) is 0 Å². The first-order chi connectivity index (χ1) is 8.61. The molecule has 3 heteroatoms. The third kappa shape index (κ3) is 2.55. The second-order valence-electron chi connectivity index (χ2n) is 4.85. The van der Waals surface area contributed by atoms with Gasteiger partial charge in [0.25, 0.3) is 5.91 Å². The van der Waals surface area contributed by atoms with Crippen LogP contribution in [-0.4, -0.2) is 29.4 Å². The van der Waals surface area contributed by atoms with Crippen LogP contribution in [0.5, 0.6) is 0 Å². The molecule has 1 aromatic heterocycles. The number of rotatable bonds is 4. The summed E-state index contributed by atoms with van der Waals surface area (Å²) in [6.45, 7) is 5.00. The lowest BCUT2D eigenvalue weighted by atomic mass is 10.2. The van der Waals surface area contributed by atoms with E-state index in [0.29, 0.717) is 5.69 Å². The Labute approximate surface area is 108 Å². The van der Waals surface area contributed by atoms with Crippen molar-refractivity contribution in [1.29, 1.82) is 0 Å². The monoisotopic (exact) mass is 244 g/mol. The zero-order valence-corrected chi connectivity index (χ0v) is 11.3. The molecule has 1 amide bonds. The Balaban J connectivity index is 2.22. The molecule has 2 aromatic rings. The van der Waals surface area contributed by atoms with E-state index in [4.69, 9.17) is 0 Å². The molecule has 0 unspecified atom stereocenters. The van der Waals surface area contributed by atoms with Crippen LogP contribution in [0.25, 0.3) is 10.9 Å². The highest BCUT2D eigenvalue weighted by atomic mass is 16.2. The number of aromatic amines is 1. The lowest BCUT2D eigenvalue weighted by Gasteiger charge is -2.15. The molecule has 0 saturated carbocycles. The zero-order valence-electron chi connectivity index (χ0n) is 11.3. The summed E-state index contributed by atoms with van der Waals surface area (Å²) >= 11 is 0. The van der Waals surface area contributed by atoms with E-state index in [2.05, 4.69) is 24.9 Å². The second-order valence-corrected chi connectivity index (χ2v) is 4.85. The van der Waals surface area contributed by atoms with E-state index < -0.39 is 0 Å². The van der Waals surface area contributed by atoms with Crippen LogP contribution in [0.15, 0.2) is 24.3 Å². The van der Waals surface area contributed by atoms with Gasteiger partial charge in [-0.3, -0.25) is 4.79 Å². The lowest BCUT2D eigenvalue weighted by Crippen LogP contribution is -2.27. The van der Waals surface area contributed by atoms with Crippen molar-refractivity contribution >= 4 is 16.8 Å². The predicted octanol–water partition coefficient (Wildman–Crippen LogP) is 3.35. The van der Waals surface area contributed by atoms with Gasteiger partial charge in [0.1, 0.15) is 5.69 Å². The fraction of sp³-hybridized carbons (Fsp3) is 0.400. The Hall–Kier alpha value is -1.77. The van der Waals surface area contributed by atoms with Crippen LogP contribution < -0.4 is 0 Å². The Morgan fingerprint density at radius 1 is 1.33 bits per heavy atom. The number of nitrogens with zero attached hydrogens (tertiary/aromatic N) is 1. The number of fused-ring (bicyclic) bond motifs is 1. The number of hydrogen-bond donors (Lipinski definition) is 1. The Bertz CT molecular complexity index is 557. The van der Waals surface area contributed by atoms with E-state index in [-0.39, 0.29) is 5.91 Å². The minimum atomic E-state index is 0.0669. The van der Waals surface area contributed by atoms with Gasteiger partial charge < -0.3 is 9.88 Å². The molecule has 0 bridgehead atoms. The van der Waals surface area contributed by atoms with Gasteiger partial charge in [-0.15, -0.1) is 0 Å². The molecule has 1 heterocycles. The Morgan fingerprint density at radius 2 is 2.11 bits per heavy atom. The third-order valence-corrected chi connectivity index (χ3v) is 3.20. The van der Waals surface area contributed by atoms with Crippen molar-refractivity contribution in [3.05, 3.63) is 35.5 Å². The van der Waals surface area contributed by atoms with Gasteiger partial charge >= 0.3 is 0 Å². The molecule has 0 radical (unpaired) electrons. The topological polar surface area (TPSA) is 36.1 Å². The van der Waals surface area contributed by atoms with E-state index in [1.807, 2.05) is 25.2 Å². The third-order valence-electron chi connectivity index (χ3n) is 3.20. The molecule has 96 valence electrons. The van der Waals surface area contributed by atoms with Gasteiger partial charge in [0, 0.05) is 24.5 Å². The normalized spacial score (nSPS) is 10.8. The maximum absolute atomic E-state index is 12.2. The smallest absolute Gasteiger partial charge is 0.270 e. The van der Waals surface area contributed by atoms with Gasteiger partial charge in [0.05, 0.1) is 0 Å². The van der Waals surface area contributed by atoms with Gasteiger partial charge in [-0.05, 0) is 31.5 Å². The summed E-state index contributed by atoms with van der Waals surface area (Å²) in [7, 11) is 1.86. The number of H-pyrrole nitrogens is 1. The van der Waals surface area contributed by atoms with Crippen LogP contribution in [0.1, 0.15) is 35.8 Å². The lowest BCUT2D eigenvalue weighted by molar-refractivity contribution is 0.0788. The summed E-state index contributed by atoms with van der Waals surface area (Å²) in [5.41, 5.74) is 2.90. The highest BCUT2D eigenvalue weighted by Gasteiger charge is 2.13. The minimum Gasteiger partial charge on any atom is -0.351 e. The number of unbranched alkanes of at least 4 members (excludes halogenated alkanes) is 1. The number of carbonyl (C=O) groups is 1. The summed E-state index contributed by atoms with van der Waals surface area (Å²) in [5.74, 6) is 0.0669. The minimum absolute atomic E-state index is 0.0669. The number of hydrogen-bond acceptors (Lipinski definition) is 1. The molecule has 0 aliphatic rings. The molecule has 1 N–H and O–H groups in total. The van der Waals surface area contributed by atoms with Gasteiger partial charge in [-0.2, -0.15) is 0 Å². The van der Waals surface area contributed by atoms with E-state index in [9.17, 15) is 4.79 Å². The summed E-state index contributed by atoms with van der Waals surface area (Å²) in [5, 5.41) is 1.10. The van der Waals surface area contributed by atoms with Crippen LogP contribution in [0.4, 0.5) is 0 Å². The van der Waals surface area contributed by atoms with Crippen molar-refractivity contribution in [3.8, 4) is 0 Å². The maximum Gasteiger partial charge on any atom is 0.270 e. The van der Waals surface area contributed by atoms with Gasteiger partial charge in [-0.1, -0.05) is 25.0 Å². The first kappa shape index (κ1) is 12.7. The first-order valence-corrected chi connectivity index (χ1v) is 6.46. The second kappa shape index (κ2) is 5.25. The average Bonchev–Trinajstić information content (AvgIpc) is 2.77. The number of carbonyl (C=O) groups excluding carboxylic acids is 1. The molecule has 18 heavy (non-hydrogen) atoms. The Kier molecular flexibility index (Phi) is 3.70. The number of aromatic nitrogens is 1. The molecule has 0 aliphatic carbocycles. The summed E-state index contributed by atoms with van der Waals surface area (Å²) in [4.78, 5) is 17.2. The van der Waals surface area contributed by atoms with Crippen LogP contribution in [0.2, 0.25) is 0 Å². The summed E-state index contributed by atoms with van der Waals surface area (Å²) in [6, 6.07) is 8.10. The van der Waals surface area contributed by atoms with Crippen molar-refractivity contribution in [2.45, 2.75) is 26.7 Å². The largest absolute Gasteiger partial charge is 0.351 e. The van der Waals surface area contributed by atoms with E-state index in [0.717, 1.165) is 30.3 Å². The molecule has 0 aliphatic heterocycles. The highest BCUT2D eigenvalue weighted by Crippen LogP contribution is 2.17. The quantitative estimate of drug-likeness (QED) is 0.879. The number of nitrogens with one attached hydrogen (secondary N) is 1. The van der Waals surface area contributed by atoms with Crippen LogP contribution in [0, 0.1) is 6.92 Å². The molecule has 3 nitrogen and oxygen atoms in total. The molecular formula is C15H20N2O. The number of amides is 1. The molecule has 2 rings (SSSR count). The van der Waals surface area contributed by atoms with Crippen molar-refractivity contribution in [1.82, 2.24) is 9.88 Å². The van der Waals surface area contributed by atoms with Gasteiger partial charge in [0.15, 0.2) is 0 Å². The fourth-order valence-electron chi connectivity index (χ4n) is 2.07. The fourth-order valence-corrected chi connectivity index (χ4v) is 2.07. The molecule has 0 atom stereocenters. The molecule has 0 saturated heterocycles. The van der Waals surface area contributed by atoms with Crippen molar-refractivity contribution in [2.75, 3.05) is 13.6 Å². The van der Waals surface area contributed by atoms with E-state index in [1.54, 1.807) is 4.90 Å².